The number of hydrogen-bond donors (Lipinski definition) is 1. The number of sulfonamides is 1. The summed E-state index contributed by atoms with van der Waals surface area (Å²) >= 11 is 0. The van der Waals surface area contributed by atoms with Crippen molar-refractivity contribution >= 4 is 27.6 Å². The Hall–Kier alpha value is -3.76. The third kappa shape index (κ3) is 7.80. The van der Waals surface area contributed by atoms with Crippen molar-refractivity contribution in [1.82, 2.24) is 4.31 Å². The fraction of sp³-hybridized carbons (Fsp3) is 0.394. The second-order valence-electron chi connectivity index (χ2n) is 11.0. The Morgan fingerprint density at radius 3 is 2.35 bits per heavy atom. The Kier molecular flexibility index (Phi) is 10.6. The molecule has 0 bridgehead atoms. The second kappa shape index (κ2) is 14.1. The topological polar surface area (TPSA) is 102 Å². The number of hydrogen-bond acceptors (Lipinski definition) is 6. The van der Waals surface area contributed by atoms with E-state index in [0.717, 1.165) is 28.8 Å². The van der Waals surface area contributed by atoms with Crippen LogP contribution in [0.2, 0.25) is 0 Å². The summed E-state index contributed by atoms with van der Waals surface area (Å²) in [7, 11) is -2.59. The molecular weight excluding hydrogens is 571 g/mol. The van der Waals surface area contributed by atoms with Gasteiger partial charge >= 0.3 is 5.97 Å². The van der Waals surface area contributed by atoms with E-state index >= 15 is 0 Å². The summed E-state index contributed by atoms with van der Waals surface area (Å²) in [4.78, 5) is 25.2. The first-order valence-electron chi connectivity index (χ1n) is 14.5. The van der Waals surface area contributed by atoms with E-state index in [1.54, 1.807) is 50.4 Å². The van der Waals surface area contributed by atoms with E-state index in [2.05, 4.69) is 5.32 Å². The van der Waals surface area contributed by atoms with Crippen LogP contribution in [0.4, 0.5) is 10.1 Å². The average Bonchev–Trinajstić information content (AvgIpc) is 3.00. The largest absolute Gasteiger partial charge is 0.497 e. The number of anilines is 1. The molecule has 0 aromatic heterocycles. The van der Waals surface area contributed by atoms with Gasteiger partial charge in [0.1, 0.15) is 11.6 Å². The van der Waals surface area contributed by atoms with Crippen LogP contribution < -0.4 is 10.1 Å². The van der Waals surface area contributed by atoms with Crippen LogP contribution in [0.15, 0.2) is 65.6 Å². The van der Waals surface area contributed by atoms with E-state index in [1.807, 2.05) is 19.9 Å². The van der Waals surface area contributed by atoms with Gasteiger partial charge in [-0.15, -0.1) is 0 Å². The Balaban J connectivity index is 1.60. The first-order chi connectivity index (χ1) is 20.5. The molecule has 1 fully saturated rings. The number of methoxy groups -OCH3 is 1. The number of esters is 1. The van der Waals surface area contributed by atoms with Crippen molar-refractivity contribution in [3.8, 4) is 5.75 Å². The Morgan fingerprint density at radius 1 is 1.00 bits per heavy atom. The fourth-order valence-corrected chi connectivity index (χ4v) is 6.91. The molecule has 4 rings (SSSR count). The third-order valence-corrected chi connectivity index (χ3v) is 9.93. The lowest BCUT2D eigenvalue weighted by Crippen LogP contribution is -2.37. The lowest BCUT2D eigenvalue weighted by molar-refractivity contribution is -0.149. The zero-order chi connectivity index (χ0) is 31.1. The van der Waals surface area contributed by atoms with Gasteiger partial charge in [0.25, 0.3) is 5.91 Å². The van der Waals surface area contributed by atoms with E-state index in [0.29, 0.717) is 43.7 Å². The molecule has 0 heterocycles. The smallest absolute Gasteiger partial charge is 0.308 e. The van der Waals surface area contributed by atoms with Gasteiger partial charge in [-0.25, -0.2) is 12.8 Å². The zero-order valence-electron chi connectivity index (χ0n) is 25.1. The standard InChI is InChI=1S/C33H39FN2O6S/c1-5-42-33(38)26-13-9-24(10-14-26)20-36(21-25-11-15-27(41-4)16-12-25)43(39,40)28-17-18-30(34)29(19-28)32(37)35-31-8-6-7-22(2)23(31)3/h6-8,11-12,15-19,24,26H,5,9-10,13-14,20-21H2,1-4H3,(H,35,37). The van der Waals surface area contributed by atoms with Crippen molar-refractivity contribution in [3.63, 3.8) is 0 Å². The van der Waals surface area contributed by atoms with Gasteiger partial charge in [-0.3, -0.25) is 9.59 Å². The molecule has 0 saturated heterocycles. The molecule has 10 heteroatoms. The molecule has 3 aromatic rings. The number of ether oxygens (including phenoxy) is 2. The van der Waals surface area contributed by atoms with Crippen LogP contribution in [0.5, 0.6) is 5.75 Å². The number of halogens is 1. The number of carbonyl (C=O) groups excluding carboxylic acids is 2. The molecule has 1 aliphatic carbocycles. The number of rotatable bonds is 11. The van der Waals surface area contributed by atoms with Gasteiger partial charge in [-0.1, -0.05) is 24.3 Å². The minimum Gasteiger partial charge on any atom is -0.497 e. The summed E-state index contributed by atoms with van der Waals surface area (Å²) < 4.78 is 54.9. The molecule has 0 aliphatic heterocycles. The summed E-state index contributed by atoms with van der Waals surface area (Å²) in [6.07, 6.45) is 2.59. The van der Waals surface area contributed by atoms with Crippen LogP contribution in [0.1, 0.15) is 59.7 Å². The first-order valence-corrected chi connectivity index (χ1v) is 15.9. The number of carbonyl (C=O) groups is 2. The zero-order valence-corrected chi connectivity index (χ0v) is 25.9. The molecule has 8 nitrogen and oxygen atoms in total. The molecule has 230 valence electrons. The molecule has 0 unspecified atom stereocenters. The van der Waals surface area contributed by atoms with E-state index in [1.165, 1.54) is 10.4 Å². The van der Waals surface area contributed by atoms with Crippen molar-refractivity contribution in [2.24, 2.45) is 11.8 Å². The molecule has 1 N–H and O–H groups in total. The number of nitrogens with zero attached hydrogens (tertiary/aromatic N) is 1. The number of benzene rings is 3. The van der Waals surface area contributed by atoms with Crippen LogP contribution in [0.3, 0.4) is 0 Å². The first kappa shape index (κ1) is 32.2. The van der Waals surface area contributed by atoms with Gasteiger partial charge < -0.3 is 14.8 Å². The predicted octanol–water partition coefficient (Wildman–Crippen LogP) is 6.26. The predicted molar refractivity (Wildman–Crippen MR) is 163 cm³/mol. The summed E-state index contributed by atoms with van der Waals surface area (Å²) in [6.45, 7) is 6.14. The van der Waals surface area contributed by atoms with E-state index in [9.17, 15) is 22.4 Å². The number of nitrogens with one attached hydrogen (secondary N) is 1. The van der Waals surface area contributed by atoms with Gasteiger partial charge in [-0.05, 0) is 105 Å². The summed E-state index contributed by atoms with van der Waals surface area (Å²) in [5.74, 6) is -1.28. The van der Waals surface area contributed by atoms with Gasteiger partial charge in [-0.2, -0.15) is 4.31 Å². The molecular formula is C33H39FN2O6S. The Bertz CT molecular complexity index is 1550. The van der Waals surface area contributed by atoms with Crippen molar-refractivity contribution in [3.05, 3.63) is 88.7 Å². The van der Waals surface area contributed by atoms with Gasteiger partial charge in [0.05, 0.1) is 30.1 Å². The van der Waals surface area contributed by atoms with Crippen molar-refractivity contribution < 1.29 is 31.9 Å². The maximum Gasteiger partial charge on any atom is 0.308 e. The lowest BCUT2D eigenvalue weighted by Gasteiger charge is -2.31. The van der Waals surface area contributed by atoms with Gasteiger partial charge in [0.15, 0.2) is 0 Å². The van der Waals surface area contributed by atoms with Crippen LogP contribution in [0.25, 0.3) is 0 Å². The Labute approximate surface area is 253 Å². The maximum atomic E-state index is 14.9. The summed E-state index contributed by atoms with van der Waals surface area (Å²) in [5, 5.41) is 2.72. The van der Waals surface area contributed by atoms with E-state index < -0.39 is 21.7 Å². The molecule has 43 heavy (non-hydrogen) atoms. The Morgan fingerprint density at radius 2 is 1.70 bits per heavy atom. The highest BCUT2D eigenvalue weighted by atomic mass is 32.2. The van der Waals surface area contributed by atoms with Crippen LogP contribution in [-0.4, -0.2) is 44.9 Å². The SMILES string of the molecule is CCOC(=O)C1CCC(CN(Cc2ccc(OC)cc2)S(=O)(=O)c2ccc(F)c(C(=O)Nc3cccc(C)c3C)c2)CC1. The monoisotopic (exact) mass is 610 g/mol. The highest BCUT2D eigenvalue weighted by Crippen LogP contribution is 2.32. The maximum absolute atomic E-state index is 14.9. The van der Waals surface area contributed by atoms with Crippen molar-refractivity contribution in [1.29, 1.82) is 0 Å². The normalized spacial score (nSPS) is 17.0. The number of aryl methyl sites for hydroxylation is 1. The van der Waals surface area contributed by atoms with Crippen LogP contribution in [0, 0.1) is 31.5 Å². The molecule has 1 aliphatic rings. The highest BCUT2D eigenvalue weighted by molar-refractivity contribution is 7.89. The minimum atomic E-state index is -4.15. The number of amides is 1. The molecule has 1 amide bonds. The van der Waals surface area contributed by atoms with Gasteiger partial charge in [0.2, 0.25) is 10.0 Å². The third-order valence-electron chi connectivity index (χ3n) is 8.12. The summed E-state index contributed by atoms with van der Waals surface area (Å²) in [5.41, 5.74) is 2.71. The minimum absolute atomic E-state index is 0.0196. The molecule has 0 atom stereocenters. The van der Waals surface area contributed by atoms with Crippen LogP contribution in [-0.2, 0) is 26.1 Å². The summed E-state index contributed by atoms with van der Waals surface area (Å²) in [6, 6.07) is 15.8. The lowest BCUT2D eigenvalue weighted by atomic mass is 9.82. The molecule has 0 spiro atoms. The average molecular weight is 611 g/mol. The van der Waals surface area contributed by atoms with Gasteiger partial charge in [0, 0.05) is 18.8 Å². The van der Waals surface area contributed by atoms with Crippen LogP contribution >= 0.6 is 0 Å². The molecule has 3 aromatic carbocycles. The fourth-order valence-electron chi connectivity index (χ4n) is 5.38. The van der Waals surface area contributed by atoms with Crippen molar-refractivity contribution in [2.75, 3.05) is 25.6 Å². The second-order valence-corrected chi connectivity index (χ2v) is 12.9. The molecule has 0 radical (unpaired) electrons. The quantitative estimate of drug-likeness (QED) is 0.257. The van der Waals surface area contributed by atoms with E-state index in [4.69, 9.17) is 9.47 Å². The molecule has 1 saturated carbocycles. The van der Waals surface area contributed by atoms with E-state index in [-0.39, 0.29) is 41.4 Å². The highest BCUT2D eigenvalue weighted by Gasteiger charge is 2.33. The van der Waals surface area contributed by atoms with Crippen molar-refractivity contribution in [2.45, 2.75) is 57.9 Å².